The molecule has 1 saturated carbocycles. The number of anilines is 1. The van der Waals surface area contributed by atoms with Crippen LogP contribution in [-0.2, 0) is 12.8 Å². The first-order valence-corrected chi connectivity index (χ1v) is 9.10. The van der Waals surface area contributed by atoms with E-state index >= 15 is 0 Å². The highest BCUT2D eigenvalue weighted by Crippen LogP contribution is 2.31. The lowest BCUT2D eigenvalue weighted by Gasteiger charge is -2.27. The topological polar surface area (TPSA) is 58.0 Å². The number of aliphatic hydroxyl groups excluding tert-OH is 1. The van der Waals surface area contributed by atoms with Crippen LogP contribution in [0.25, 0.3) is 11.4 Å². The second-order valence-corrected chi connectivity index (χ2v) is 7.19. The van der Waals surface area contributed by atoms with Crippen LogP contribution >= 0.6 is 0 Å². The summed E-state index contributed by atoms with van der Waals surface area (Å²) >= 11 is 0. The second-order valence-electron chi connectivity index (χ2n) is 7.19. The number of aromatic nitrogens is 2. The van der Waals surface area contributed by atoms with Crippen molar-refractivity contribution in [3.05, 3.63) is 41.1 Å². The molecule has 1 aromatic carbocycles. The Balaban J connectivity index is 1.64. The summed E-state index contributed by atoms with van der Waals surface area (Å²) in [5.41, 5.74) is 4.84. The van der Waals surface area contributed by atoms with Gasteiger partial charge in [0.25, 0.3) is 0 Å². The van der Waals surface area contributed by atoms with Gasteiger partial charge in [-0.15, -0.1) is 0 Å². The lowest BCUT2D eigenvalue weighted by molar-refractivity contribution is 0.126. The van der Waals surface area contributed by atoms with Gasteiger partial charge in [-0.05, 0) is 51.9 Å². The number of benzene rings is 1. The van der Waals surface area contributed by atoms with Crippen LogP contribution in [0.1, 0.15) is 48.9 Å². The average molecular weight is 323 g/mol. The summed E-state index contributed by atoms with van der Waals surface area (Å²) in [7, 11) is 0. The van der Waals surface area contributed by atoms with Gasteiger partial charge in [-0.2, -0.15) is 0 Å². The first-order chi connectivity index (χ1) is 11.7. The molecule has 1 fully saturated rings. The molecule has 0 unspecified atom stereocenters. The van der Waals surface area contributed by atoms with Crippen LogP contribution in [0.5, 0.6) is 0 Å². The standard InChI is InChI=1S/C20H25N3O/c1-13-5-7-14(8-6-13)19-22-18-4-2-3-17(18)20(23-19)21-15-9-11-16(24)12-10-15/h5-8,15-16,24H,2-4,9-12H2,1H3,(H,21,22,23). The first-order valence-electron chi connectivity index (χ1n) is 9.10. The number of aliphatic hydroxyl groups is 1. The summed E-state index contributed by atoms with van der Waals surface area (Å²) in [6, 6.07) is 8.85. The van der Waals surface area contributed by atoms with E-state index < -0.39 is 0 Å². The van der Waals surface area contributed by atoms with Crippen LogP contribution in [0.3, 0.4) is 0 Å². The predicted molar refractivity (Wildman–Crippen MR) is 96.1 cm³/mol. The van der Waals surface area contributed by atoms with Gasteiger partial charge in [0.05, 0.1) is 6.10 Å². The quantitative estimate of drug-likeness (QED) is 0.905. The second kappa shape index (κ2) is 6.52. The average Bonchev–Trinajstić information content (AvgIpc) is 3.06. The summed E-state index contributed by atoms with van der Waals surface area (Å²) in [6.07, 6.45) is 6.96. The molecule has 0 bridgehead atoms. The maximum atomic E-state index is 9.71. The predicted octanol–water partition coefficient (Wildman–Crippen LogP) is 3.66. The van der Waals surface area contributed by atoms with Crippen LogP contribution in [0.15, 0.2) is 24.3 Å². The summed E-state index contributed by atoms with van der Waals surface area (Å²) in [5, 5.41) is 13.4. The van der Waals surface area contributed by atoms with Crippen molar-refractivity contribution in [2.24, 2.45) is 0 Å². The van der Waals surface area contributed by atoms with Gasteiger partial charge in [0.1, 0.15) is 5.82 Å². The molecule has 24 heavy (non-hydrogen) atoms. The molecule has 1 heterocycles. The molecule has 2 N–H and O–H groups in total. The van der Waals surface area contributed by atoms with E-state index in [9.17, 15) is 5.11 Å². The minimum absolute atomic E-state index is 0.123. The number of nitrogens with one attached hydrogen (secondary N) is 1. The Hall–Kier alpha value is -1.94. The van der Waals surface area contributed by atoms with Crippen molar-refractivity contribution >= 4 is 5.82 Å². The zero-order chi connectivity index (χ0) is 16.5. The lowest BCUT2D eigenvalue weighted by atomic mass is 9.93. The molecule has 4 nitrogen and oxygen atoms in total. The fourth-order valence-corrected chi connectivity index (χ4v) is 3.80. The Morgan fingerprint density at radius 1 is 1.00 bits per heavy atom. The molecule has 2 aliphatic carbocycles. The summed E-state index contributed by atoms with van der Waals surface area (Å²) in [6.45, 7) is 2.10. The Morgan fingerprint density at radius 3 is 2.50 bits per heavy atom. The maximum absolute atomic E-state index is 9.71. The smallest absolute Gasteiger partial charge is 0.161 e. The zero-order valence-corrected chi connectivity index (χ0v) is 14.3. The van der Waals surface area contributed by atoms with Gasteiger partial charge in [0.2, 0.25) is 0 Å². The zero-order valence-electron chi connectivity index (χ0n) is 14.3. The molecule has 0 radical (unpaired) electrons. The molecule has 0 saturated heterocycles. The van der Waals surface area contributed by atoms with Gasteiger partial charge in [0, 0.05) is 22.9 Å². The normalized spacial score (nSPS) is 23.1. The van der Waals surface area contributed by atoms with E-state index in [0.717, 1.165) is 55.7 Å². The van der Waals surface area contributed by atoms with Crippen molar-refractivity contribution < 1.29 is 5.11 Å². The molecule has 2 aromatic rings. The Kier molecular flexibility index (Phi) is 4.23. The number of hydrogen-bond donors (Lipinski definition) is 2. The number of nitrogens with zero attached hydrogens (tertiary/aromatic N) is 2. The fraction of sp³-hybridized carbons (Fsp3) is 0.500. The molecule has 0 spiro atoms. The highest BCUT2D eigenvalue weighted by Gasteiger charge is 2.24. The maximum Gasteiger partial charge on any atom is 0.161 e. The molecule has 4 rings (SSSR count). The van der Waals surface area contributed by atoms with Crippen molar-refractivity contribution in [2.75, 3.05) is 5.32 Å². The SMILES string of the molecule is Cc1ccc(-c2nc3c(c(NC4CCC(O)CC4)n2)CCC3)cc1. The van der Waals surface area contributed by atoms with E-state index in [1.165, 1.54) is 23.2 Å². The molecule has 0 aliphatic heterocycles. The molecule has 126 valence electrons. The van der Waals surface area contributed by atoms with Crippen molar-refractivity contribution in [1.82, 2.24) is 9.97 Å². The van der Waals surface area contributed by atoms with Crippen molar-refractivity contribution in [2.45, 2.75) is 64.0 Å². The Morgan fingerprint density at radius 2 is 1.75 bits per heavy atom. The molecule has 1 aromatic heterocycles. The van der Waals surface area contributed by atoms with Crippen LogP contribution in [0.4, 0.5) is 5.82 Å². The van der Waals surface area contributed by atoms with Crippen LogP contribution < -0.4 is 5.32 Å². The van der Waals surface area contributed by atoms with Gasteiger partial charge in [-0.3, -0.25) is 0 Å². The van der Waals surface area contributed by atoms with Crippen LogP contribution in [0, 0.1) is 6.92 Å². The van der Waals surface area contributed by atoms with E-state index in [-0.39, 0.29) is 6.10 Å². The highest BCUT2D eigenvalue weighted by atomic mass is 16.3. The van der Waals surface area contributed by atoms with Crippen LogP contribution in [-0.4, -0.2) is 27.2 Å². The summed E-state index contributed by atoms with van der Waals surface area (Å²) in [4.78, 5) is 9.70. The fourth-order valence-electron chi connectivity index (χ4n) is 3.80. The van der Waals surface area contributed by atoms with E-state index in [4.69, 9.17) is 9.97 Å². The minimum atomic E-state index is -0.123. The minimum Gasteiger partial charge on any atom is -0.393 e. The van der Waals surface area contributed by atoms with E-state index in [2.05, 4.69) is 36.5 Å². The molecule has 4 heteroatoms. The van der Waals surface area contributed by atoms with Crippen molar-refractivity contribution in [3.63, 3.8) is 0 Å². The number of fused-ring (bicyclic) bond motifs is 1. The molecular weight excluding hydrogens is 298 g/mol. The van der Waals surface area contributed by atoms with E-state index in [1.807, 2.05) is 0 Å². The highest BCUT2D eigenvalue weighted by molar-refractivity contribution is 5.61. The lowest BCUT2D eigenvalue weighted by Crippen LogP contribution is -2.29. The van der Waals surface area contributed by atoms with E-state index in [0.29, 0.717) is 6.04 Å². The molecule has 2 aliphatic rings. The number of aryl methyl sites for hydroxylation is 2. The number of rotatable bonds is 3. The van der Waals surface area contributed by atoms with Crippen molar-refractivity contribution in [3.8, 4) is 11.4 Å². The number of hydrogen-bond acceptors (Lipinski definition) is 4. The Labute approximate surface area is 143 Å². The van der Waals surface area contributed by atoms with Gasteiger partial charge >= 0.3 is 0 Å². The monoisotopic (exact) mass is 323 g/mol. The third-order valence-corrected chi connectivity index (χ3v) is 5.28. The Bertz CT molecular complexity index is 718. The van der Waals surface area contributed by atoms with Gasteiger partial charge in [-0.1, -0.05) is 29.8 Å². The van der Waals surface area contributed by atoms with Gasteiger partial charge in [0.15, 0.2) is 5.82 Å². The summed E-state index contributed by atoms with van der Waals surface area (Å²) in [5.74, 6) is 1.85. The largest absolute Gasteiger partial charge is 0.393 e. The van der Waals surface area contributed by atoms with E-state index in [1.54, 1.807) is 0 Å². The molecular formula is C20H25N3O. The van der Waals surface area contributed by atoms with Gasteiger partial charge < -0.3 is 10.4 Å². The third-order valence-electron chi connectivity index (χ3n) is 5.28. The third kappa shape index (κ3) is 3.16. The summed E-state index contributed by atoms with van der Waals surface area (Å²) < 4.78 is 0. The molecule has 0 atom stereocenters. The molecule has 0 amide bonds. The van der Waals surface area contributed by atoms with Crippen molar-refractivity contribution in [1.29, 1.82) is 0 Å². The first kappa shape index (κ1) is 15.6. The van der Waals surface area contributed by atoms with Crippen LogP contribution in [0.2, 0.25) is 0 Å². The van der Waals surface area contributed by atoms with Gasteiger partial charge in [-0.25, -0.2) is 9.97 Å².